The fraction of sp³-hybridized carbons (Fsp3) is 0.529. The van der Waals surface area contributed by atoms with E-state index in [1.165, 1.54) is 0 Å². The summed E-state index contributed by atoms with van der Waals surface area (Å²) in [6.45, 7) is 13.7. The first-order chi connectivity index (χ1) is 9.29. The summed E-state index contributed by atoms with van der Waals surface area (Å²) in [5, 5.41) is 9.52. The Bertz CT molecular complexity index is 508. The zero-order chi connectivity index (χ0) is 15.1. The van der Waals surface area contributed by atoms with E-state index in [-0.39, 0.29) is 0 Å². The van der Waals surface area contributed by atoms with Crippen molar-refractivity contribution in [1.82, 2.24) is 0 Å². The smallest absolute Gasteiger partial charge is 0.258 e. The van der Waals surface area contributed by atoms with Crippen molar-refractivity contribution in [2.45, 2.75) is 58.2 Å². The Kier molecular flexibility index (Phi) is 4.01. The molecule has 0 unspecified atom stereocenters. The molecule has 0 saturated carbocycles. The second kappa shape index (κ2) is 5.28. The van der Waals surface area contributed by atoms with Crippen LogP contribution >= 0.6 is 0 Å². The van der Waals surface area contributed by atoms with Gasteiger partial charge >= 0.3 is 0 Å². The van der Waals surface area contributed by atoms with Gasteiger partial charge in [-0.25, -0.2) is 0 Å². The van der Waals surface area contributed by atoms with E-state index in [1.807, 2.05) is 12.1 Å². The number of rotatable bonds is 5. The maximum atomic E-state index is 9.52. The van der Waals surface area contributed by atoms with Gasteiger partial charge in [-0.15, -0.1) is 0 Å². The van der Waals surface area contributed by atoms with Crippen LogP contribution in [0.15, 0.2) is 18.2 Å². The summed E-state index contributed by atoms with van der Waals surface area (Å²) in [5.74, 6) is 1.34. The van der Waals surface area contributed by atoms with E-state index in [1.54, 1.807) is 6.08 Å². The van der Waals surface area contributed by atoms with Crippen molar-refractivity contribution in [3.05, 3.63) is 29.3 Å². The monoisotopic (exact) mass is 290 g/mol. The van der Waals surface area contributed by atoms with Gasteiger partial charge in [0.05, 0.1) is 0 Å². The number of hydrogen-bond donors (Lipinski definition) is 1. The SMILES string of the molecule is CC(C)[Si](Oc1ccc2c(c1)C=C2O)(C(C)C)C(C)C. The molecule has 2 nitrogen and oxygen atoms in total. The third-order valence-electron chi connectivity index (χ3n) is 4.59. The summed E-state index contributed by atoms with van der Waals surface area (Å²) < 4.78 is 6.62. The minimum absolute atomic E-state index is 0.381. The molecular formula is C17H26O2Si. The van der Waals surface area contributed by atoms with Crippen molar-refractivity contribution in [3.8, 4) is 5.75 Å². The van der Waals surface area contributed by atoms with Crippen LogP contribution in [0.5, 0.6) is 5.75 Å². The highest BCUT2D eigenvalue weighted by molar-refractivity contribution is 6.78. The Morgan fingerprint density at radius 2 is 1.50 bits per heavy atom. The maximum Gasteiger partial charge on any atom is 0.258 e. The van der Waals surface area contributed by atoms with Crippen LogP contribution in [0, 0.1) is 0 Å². The molecule has 0 saturated heterocycles. The molecule has 0 atom stereocenters. The molecule has 1 N–H and O–H groups in total. The molecule has 1 aliphatic rings. The first kappa shape index (κ1) is 15.2. The van der Waals surface area contributed by atoms with E-state index in [2.05, 4.69) is 47.6 Å². The standard InChI is InChI=1S/C17H26O2Si/c1-11(2)20(12(3)4,13(5)6)19-15-7-8-16-14(9-15)10-17(16)18/h7-13,18H,1-6H3. The van der Waals surface area contributed by atoms with Gasteiger partial charge in [0, 0.05) is 5.56 Å². The highest BCUT2D eigenvalue weighted by Gasteiger charge is 2.47. The molecule has 0 spiro atoms. The third-order valence-corrected chi connectivity index (χ3v) is 10.6. The van der Waals surface area contributed by atoms with Crippen molar-refractivity contribution in [1.29, 1.82) is 0 Å². The van der Waals surface area contributed by atoms with Gasteiger partial charge in [-0.3, -0.25) is 0 Å². The van der Waals surface area contributed by atoms with Crippen LogP contribution in [-0.4, -0.2) is 13.4 Å². The van der Waals surface area contributed by atoms with Gasteiger partial charge in [0.25, 0.3) is 8.32 Å². The van der Waals surface area contributed by atoms with Crippen LogP contribution in [0.3, 0.4) is 0 Å². The van der Waals surface area contributed by atoms with Crippen molar-refractivity contribution in [2.24, 2.45) is 0 Å². The van der Waals surface area contributed by atoms with Crippen LogP contribution < -0.4 is 4.43 Å². The van der Waals surface area contributed by atoms with Crippen molar-refractivity contribution >= 4 is 20.2 Å². The normalized spacial score (nSPS) is 14.3. The number of aliphatic hydroxyl groups is 1. The molecule has 0 amide bonds. The Balaban J connectivity index is 2.32. The van der Waals surface area contributed by atoms with Crippen LogP contribution in [0.2, 0.25) is 16.6 Å². The molecule has 0 bridgehead atoms. The van der Waals surface area contributed by atoms with Gasteiger partial charge in [-0.2, -0.15) is 0 Å². The predicted molar refractivity (Wildman–Crippen MR) is 88.6 cm³/mol. The minimum atomic E-state index is -1.88. The van der Waals surface area contributed by atoms with Crippen LogP contribution in [0.4, 0.5) is 0 Å². The summed E-state index contributed by atoms with van der Waals surface area (Å²) in [6.07, 6.45) is 1.80. The second-order valence-electron chi connectivity index (χ2n) is 6.70. The van der Waals surface area contributed by atoms with Crippen molar-refractivity contribution < 1.29 is 9.53 Å². The molecule has 0 fully saturated rings. The first-order valence-electron chi connectivity index (χ1n) is 7.53. The van der Waals surface area contributed by atoms with Gasteiger partial charge in [-0.1, -0.05) is 41.5 Å². The lowest BCUT2D eigenvalue weighted by Gasteiger charge is -2.42. The Morgan fingerprint density at radius 3 is 1.90 bits per heavy atom. The largest absolute Gasteiger partial charge is 0.543 e. The summed E-state index contributed by atoms with van der Waals surface area (Å²) in [7, 11) is -1.88. The first-order valence-corrected chi connectivity index (χ1v) is 9.67. The zero-order valence-electron chi connectivity index (χ0n) is 13.4. The highest BCUT2D eigenvalue weighted by Crippen LogP contribution is 2.43. The lowest BCUT2D eigenvalue weighted by Crippen LogP contribution is -2.50. The van der Waals surface area contributed by atoms with E-state index in [0.717, 1.165) is 16.9 Å². The quantitative estimate of drug-likeness (QED) is 0.714. The zero-order valence-corrected chi connectivity index (χ0v) is 14.4. The molecule has 0 aromatic heterocycles. The number of benzene rings is 1. The molecule has 1 aromatic rings. The Labute approximate surface area is 123 Å². The van der Waals surface area contributed by atoms with E-state index in [9.17, 15) is 5.11 Å². The number of hydrogen-bond acceptors (Lipinski definition) is 2. The number of aliphatic hydroxyl groups excluding tert-OH is 1. The van der Waals surface area contributed by atoms with Gasteiger partial charge in [0.1, 0.15) is 11.5 Å². The summed E-state index contributed by atoms with van der Waals surface area (Å²) >= 11 is 0. The molecule has 2 rings (SSSR count). The topological polar surface area (TPSA) is 29.5 Å². The van der Waals surface area contributed by atoms with Crippen molar-refractivity contribution in [3.63, 3.8) is 0 Å². The Morgan fingerprint density at radius 1 is 0.950 bits per heavy atom. The minimum Gasteiger partial charge on any atom is -0.543 e. The number of fused-ring (bicyclic) bond motifs is 1. The highest BCUT2D eigenvalue weighted by atomic mass is 28.4. The van der Waals surface area contributed by atoms with Gasteiger partial charge in [0.15, 0.2) is 0 Å². The fourth-order valence-electron chi connectivity index (χ4n) is 3.66. The Hall–Kier alpha value is -1.22. The molecule has 3 heteroatoms. The van der Waals surface area contributed by atoms with Gasteiger partial charge in [-0.05, 0) is 46.5 Å². The van der Waals surface area contributed by atoms with Crippen LogP contribution in [0.25, 0.3) is 11.8 Å². The second-order valence-corrected chi connectivity index (χ2v) is 12.1. The van der Waals surface area contributed by atoms with E-state index in [0.29, 0.717) is 22.4 Å². The van der Waals surface area contributed by atoms with Crippen LogP contribution in [0.1, 0.15) is 52.7 Å². The predicted octanol–water partition coefficient (Wildman–Crippen LogP) is 5.61. The average Bonchev–Trinajstić information content (AvgIpc) is 2.33. The summed E-state index contributed by atoms with van der Waals surface area (Å²) in [5.41, 5.74) is 3.72. The maximum absolute atomic E-state index is 9.52. The molecule has 0 radical (unpaired) electrons. The van der Waals surface area contributed by atoms with Crippen LogP contribution in [-0.2, 0) is 0 Å². The molecule has 1 aromatic carbocycles. The van der Waals surface area contributed by atoms with Gasteiger partial charge in [0.2, 0.25) is 0 Å². The molecule has 1 aliphatic carbocycles. The molecule has 0 aliphatic heterocycles. The fourth-order valence-corrected chi connectivity index (χ4v) is 8.90. The molecule has 0 heterocycles. The van der Waals surface area contributed by atoms with Crippen molar-refractivity contribution in [2.75, 3.05) is 0 Å². The lowest BCUT2D eigenvalue weighted by atomic mass is 9.95. The molecule has 20 heavy (non-hydrogen) atoms. The summed E-state index contributed by atoms with van der Waals surface area (Å²) in [4.78, 5) is 0. The third kappa shape index (κ3) is 2.28. The molecule has 110 valence electrons. The average molecular weight is 290 g/mol. The van der Waals surface area contributed by atoms with E-state index >= 15 is 0 Å². The molecular weight excluding hydrogens is 264 g/mol. The lowest BCUT2D eigenvalue weighted by molar-refractivity contribution is 0.478. The van der Waals surface area contributed by atoms with E-state index < -0.39 is 8.32 Å². The summed E-state index contributed by atoms with van der Waals surface area (Å²) in [6, 6.07) is 6.01. The van der Waals surface area contributed by atoms with Gasteiger partial charge < -0.3 is 9.53 Å². The van der Waals surface area contributed by atoms with E-state index in [4.69, 9.17) is 4.43 Å².